The van der Waals surface area contributed by atoms with E-state index in [-0.39, 0.29) is 5.84 Å². The van der Waals surface area contributed by atoms with Gasteiger partial charge in [-0.25, -0.2) is 9.97 Å². The van der Waals surface area contributed by atoms with Crippen LogP contribution in [0.15, 0.2) is 36.7 Å². The summed E-state index contributed by atoms with van der Waals surface area (Å²) in [5.41, 5.74) is 6.63. The van der Waals surface area contributed by atoms with Gasteiger partial charge in [0.15, 0.2) is 0 Å². The number of amidine groups is 1. The van der Waals surface area contributed by atoms with Gasteiger partial charge in [-0.15, -0.1) is 0 Å². The van der Waals surface area contributed by atoms with E-state index in [4.69, 9.17) is 15.9 Å². The molecule has 0 bridgehead atoms. The van der Waals surface area contributed by atoms with Crippen molar-refractivity contribution in [3.8, 4) is 11.6 Å². The second-order valence-electron chi connectivity index (χ2n) is 3.52. The Hall–Kier alpha value is -2.43. The van der Waals surface area contributed by atoms with Gasteiger partial charge in [0, 0.05) is 0 Å². The monoisotopic (exact) mass is 228 g/mol. The van der Waals surface area contributed by atoms with E-state index in [0.29, 0.717) is 11.6 Å². The highest BCUT2D eigenvalue weighted by Crippen LogP contribution is 2.22. The molecule has 0 saturated heterocycles. The van der Waals surface area contributed by atoms with Crippen molar-refractivity contribution in [3.05, 3.63) is 47.9 Å². The molecule has 5 heteroatoms. The Kier molecular flexibility index (Phi) is 3.00. The number of nitrogens with one attached hydrogen (secondary N) is 1. The van der Waals surface area contributed by atoms with Crippen molar-refractivity contribution in [3.63, 3.8) is 0 Å². The molecule has 1 aromatic heterocycles. The smallest absolute Gasteiger partial charge is 0.237 e. The van der Waals surface area contributed by atoms with Gasteiger partial charge in [-0.05, 0) is 18.6 Å². The zero-order chi connectivity index (χ0) is 12.3. The maximum Gasteiger partial charge on any atom is 0.237 e. The molecule has 1 heterocycles. The molecule has 0 fully saturated rings. The van der Waals surface area contributed by atoms with Gasteiger partial charge >= 0.3 is 0 Å². The summed E-state index contributed by atoms with van der Waals surface area (Å²) in [4.78, 5) is 8.00. The first-order valence-electron chi connectivity index (χ1n) is 5.07. The zero-order valence-corrected chi connectivity index (χ0v) is 9.34. The van der Waals surface area contributed by atoms with E-state index in [9.17, 15) is 0 Å². The van der Waals surface area contributed by atoms with Crippen LogP contribution in [0.2, 0.25) is 0 Å². The molecule has 2 rings (SSSR count). The van der Waals surface area contributed by atoms with Crippen molar-refractivity contribution in [2.75, 3.05) is 0 Å². The highest BCUT2D eigenvalue weighted by atomic mass is 16.5. The first kappa shape index (κ1) is 11.1. The minimum absolute atomic E-state index is 0.111. The summed E-state index contributed by atoms with van der Waals surface area (Å²) < 4.78 is 5.56. The van der Waals surface area contributed by atoms with E-state index < -0.39 is 0 Å². The fourth-order valence-corrected chi connectivity index (χ4v) is 1.29. The summed E-state index contributed by atoms with van der Waals surface area (Å²) in [6, 6.07) is 7.63. The molecule has 0 aliphatic rings. The van der Waals surface area contributed by atoms with Crippen molar-refractivity contribution >= 4 is 5.84 Å². The van der Waals surface area contributed by atoms with E-state index in [1.165, 1.54) is 12.4 Å². The fourth-order valence-electron chi connectivity index (χ4n) is 1.29. The molecule has 0 radical (unpaired) electrons. The van der Waals surface area contributed by atoms with Crippen LogP contribution in [0.1, 0.15) is 11.3 Å². The van der Waals surface area contributed by atoms with Crippen LogP contribution in [0.25, 0.3) is 0 Å². The van der Waals surface area contributed by atoms with Crippen LogP contribution < -0.4 is 10.5 Å². The number of aromatic nitrogens is 2. The van der Waals surface area contributed by atoms with Crippen LogP contribution in [0.4, 0.5) is 0 Å². The molecular formula is C12H12N4O. The minimum atomic E-state index is -0.111. The molecule has 0 atom stereocenters. The number of hydrogen-bond donors (Lipinski definition) is 2. The lowest BCUT2D eigenvalue weighted by Crippen LogP contribution is -2.13. The Morgan fingerprint density at radius 1 is 1.24 bits per heavy atom. The standard InChI is InChI=1S/C12H12N4O/c1-8-4-2-3-5-10(8)17-11-7-15-9(6-16-11)12(13)14/h2-7H,1H3,(H3,13,14). The maximum absolute atomic E-state index is 7.20. The highest BCUT2D eigenvalue weighted by molar-refractivity contribution is 5.92. The molecule has 0 amide bonds. The molecule has 1 aromatic carbocycles. The topological polar surface area (TPSA) is 84.9 Å². The minimum Gasteiger partial charge on any atom is -0.437 e. The first-order chi connectivity index (χ1) is 8.16. The molecule has 3 N–H and O–H groups in total. The predicted molar refractivity (Wildman–Crippen MR) is 64.3 cm³/mol. The van der Waals surface area contributed by atoms with Gasteiger partial charge in [0.05, 0.1) is 12.4 Å². The summed E-state index contributed by atoms with van der Waals surface area (Å²) in [6.07, 6.45) is 2.86. The second kappa shape index (κ2) is 4.61. The predicted octanol–water partition coefficient (Wildman–Crippen LogP) is 1.86. The van der Waals surface area contributed by atoms with Gasteiger partial charge in [0.1, 0.15) is 17.3 Å². The van der Waals surface area contributed by atoms with Crippen LogP contribution in [0.5, 0.6) is 11.6 Å². The molecule has 17 heavy (non-hydrogen) atoms. The number of nitrogen functional groups attached to an aromatic ring is 1. The van der Waals surface area contributed by atoms with Gasteiger partial charge < -0.3 is 10.5 Å². The number of para-hydroxylation sites is 1. The summed E-state index contributed by atoms with van der Waals surface area (Å²) >= 11 is 0. The van der Waals surface area contributed by atoms with Crippen molar-refractivity contribution in [2.45, 2.75) is 6.92 Å². The Labute approximate surface area is 98.8 Å². The lowest BCUT2D eigenvalue weighted by atomic mass is 10.2. The Balaban J connectivity index is 2.20. The molecule has 0 aliphatic heterocycles. The molecule has 0 aliphatic carbocycles. The SMILES string of the molecule is Cc1ccccc1Oc1cnc(C(=N)N)cn1. The van der Waals surface area contributed by atoms with Crippen molar-refractivity contribution in [2.24, 2.45) is 5.73 Å². The molecular weight excluding hydrogens is 216 g/mol. The van der Waals surface area contributed by atoms with E-state index >= 15 is 0 Å². The largest absolute Gasteiger partial charge is 0.437 e. The van der Waals surface area contributed by atoms with Gasteiger partial charge in [-0.3, -0.25) is 5.41 Å². The fraction of sp³-hybridized carbons (Fsp3) is 0.0833. The molecule has 0 unspecified atom stereocenters. The number of hydrogen-bond acceptors (Lipinski definition) is 4. The van der Waals surface area contributed by atoms with Gasteiger partial charge in [0.2, 0.25) is 5.88 Å². The lowest BCUT2D eigenvalue weighted by molar-refractivity contribution is 0.456. The molecule has 5 nitrogen and oxygen atoms in total. The van der Waals surface area contributed by atoms with Crippen molar-refractivity contribution < 1.29 is 4.74 Å². The van der Waals surface area contributed by atoms with Crippen molar-refractivity contribution in [1.82, 2.24) is 9.97 Å². The molecule has 0 spiro atoms. The number of ether oxygens (including phenoxy) is 1. The Morgan fingerprint density at radius 3 is 2.59 bits per heavy atom. The van der Waals surface area contributed by atoms with Crippen LogP contribution >= 0.6 is 0 Å². The van der Waals surface area contributed by atoms with Crippen molar-refractivity contribution in [1.29, 1.82) is 5.41 Å². The van der Waals surface area contributed by atoms with Crippen LogP contribution in [-0.4, -0.2) is 15.8 Å². The van der Waals surface area contributed by atoms with Gasteiger partial charge in [-0.2, -0.15) is 0 Å². The summed E-state index contributed by atoms with van der Waals surface area (Å²) in [5.74, 6) is 1.00. The van der Waals surface area contributed by atoms with E-state index in [2.05, 4.69) is 9.97 Å². The number of rotatable bonds is 3. The average molecular weight is 228 g/mol. The normalized spacial score (nSPS) is 9.94. The lowest BCUT2D eigenvalue weighted by Gasteiger charge is -2.06. The summed E-state index contributed by atoms with van der Waals surface area (Å²) in [5, 5.41) is 7.20. The summed E-state index contributed by atoms with van der Waals surface area (Å²) in [6.45, 7) is 1.95. The number of aryl methyl sites for hydroxylation is 1. The first-order valence-corrected chi connectivity index (χ1v) is 5.07. The zero-order valence-electron chi connectivity index (χ0n) is 9.34. The second-order valence-corrected chi connectivity index (χ2v) is 3.52. The third-order valence-electron chi connectivity index (χ3n) is 2.21. The third-order valence-corrected chi connectivity index (χ3v) is 2.21. The van der Waals surface area contributed by atoms with E-state index in [1.807, 2.05) is 31.2 Å². The van der Waals surface area contributed by atoms with E-state index in [0.717, 1.165) is 11.3 Å². The van der Waals surface area contributed by atoms with Crippen LogP contribution in [0, 0.1) is 12.3 Å². The molecule has 86 valence electrons. The molecule has 2 aromatic rings. The Morgan fingerprint density at radius 2 is 2.00 bits per heavy atom. The van der Waals surface area contributed by atoms with Gasteiger partial charge in [0.25, 0.3) is 0 Å². The number of nitrogens with zero attached hydrogens (tertiary/aromatic N) is 2. The number of benzene rings is 1. The molecule has 0 saturated carbocycles. The third kappa shape index (κ3) is 2.57. The van der Waals surface area contributed by atoms with Gasteiger partial charge in [-0.1, -0.05) is 18.2 Å². The quantitative estimate of drug-likeness (QED) is 0.620. The average Bonchev–Trinajstić information content (AvgIpc) is 2.33. The number of nitrogens with two attached hydrogens (primary N) is 1. The van der Waals surface area contributed by atoms with E-state index in [1.54, 1.807) is 0 Å². The van der Waals surface area contributed by atoms with Crippen LogP contribution in [-0.2, 0) is 0 Å². The van der Waals surface area contributed by atoms with Crippen LogP contribution in [0.3, 0.4) is 0 Å². The maximum atomic E-state index is 7.20. The summed E-state index contributed by atoms with van der Waals surface area (Å²) in [7, 11) is 0. The highest BCUT2D eigenvalue weighted by Gasteiger charge is 2.03. The Bertz CT molecular complexity index is 536.